The number of esters is 1. The van der Waals surface area contributed by atoms with Gasteiger partial charge in [0.05, 0.1) is 31.8 Å². The van der Waals surface area contributed by atoms with Crippen LogP contribution in [0.3, 0.4) is 0 Å². The van der Waals surface area contributed by atoms with Crippen molar-refractivity contribution in [2.24, 2.45) is 5.92 Å². The summed E-state index contributed by atoms with van der Waals surface area (Å²) in [6.07, 6.45) is -6.26. The van der Waals surface area contributed by atoms with E-state index in [1.165, 1.54) is 14.0 Å². The van der Waals surface area contributed by atoms with Gasteiger partial charge in [-0.15, -0.1) is 0 Å². The third-order valence-electron chi connectivity index (χ3n) is 11.4. The van der Waals surface area contributed by atoms with E-state index in [4.69, 9.17) is 33.2 Å². The molecule has 6 rings (SSSR count). The normalized spacial score (nSPS) is 23.0. The predicted molar refractivity (Wildman–Crippen MR) is 238 cm³/mol. The number of imide groups is 1. The number of benzene rings is 4. The van der Waals surface area contributed by atoms with Crippen LogP contribution in [0, 0.1) is 12.8 Å². The van der Waals surface area contributed by atoms with E-state index in [1.807, 2.05) is 79.7 Å². The van der Waals surface area contributed by atoms with E-state index in [1.54, 1.807) is 49.4 Å². The fourth-order valence-corrected chi connectivity index (χ4v) is 8.04. The first-order valence-electron chi connectivity index (χ1n) is 21.7. The lowest BCUT2D eigenvalue weighted by atomic mass is 9.92. The zero-order valence-corrected chi connectivity index (χ0v) is 37.3. The molecule has 1 N–H and O–H groups in total. The Hall–Kier alpha value is -5.87. The molecule has 0 saturated carbocycles. The number of ketones is 2. The van der Waals surface area contributed by atoms with Crippen LogP contribution in [0.1, 0.15) is 67.5 Å². The van der Waals surface area contributed by atoms with Crippen molar-refractivity contribution in [3.63, 3.8) is 0 Å². The van der Waals surface area contributed by atoms with Crippen LogP contribution in [0.4, 0.5) is 4.79 Å². The summed E-state index contributed by atoms with van der Waals surface area (Å²) >= 11 is 0. The Morgan fingerprint density at radius 3 is 2.02 bits per heavy atom. The average molecular weight is 892 g/mol. The van der Waals surface area contributed by atoms with Crippen LogP contribution in [0.2, 0.25) is 0 Å². The van der Waals surface area contributed by atoms with Gasteiger partial charge in [0, 0.05) is 32.6 Å². The summed E-state index contributed by atoms with van der Waals surface area (Å²) in [7, 11) is 1.46. The van der Waals surface area contributed by atoms with Crippen molar-refractivity contribution >= 4 is 35.1 Å². The Morgan fingerprint density at radius 2 is 1.43 bits per heavy atom. The highest BCUT2D eigenvalue weighted by Crippen LogP contribution is 2.35. The number of nitrogens with zero attached hydrogens (tertiary/aromatic N) is 1. The summed E-state index contributed by atoms with van der Waals surface area (Å²) in [5.41, 5.74) is 3.80. The monoisotopic (exact) mass is 891 g/mol. The van der Waals surface area contributed by atoms with Crippen molar-refractivity contribution in [3.05, 3.63) is 149 Å². The first-order chi connectivity index (χ1) is 31.4. The topological polar surface area (TPSA) is 173 Å². The van der Waals surface area contributed by atoms with Crippen LogP contribution in [0.25, 0.3) is 5.57 Å². The smallest absolute Gasteiger partial charge is 0.417 e. The molecule has 4 aromatic rings. The molecule has 4 aromatic carbocycles. The third-order valence-corrected chi connectivity index (χ3v) is 11.4. The lowest BCUT2D eigenvalue weighted by Crippen LogP contribution is -2.61. The van der Waals surface area contributed by atoms with E-state index < -0.39 is 84.4 Å². The second kappa shape index (κ2) is 23.4. The molecule has 2 aliphatic heterocycles. The van der Waals surface area contributed by atoms with Crippen LogP contribution in [0.15, 0.2) is 121 Å². The molecule has 0 radical (unpaired) electrons. The zero-order valence-electron chi connectivity index (χ0n) is 37.3. The quantitative estimate of drug-likeness (QED) is 0.0521. The lowest BCUT2D eigenvalue weighted by molar-refractivity contribution is -0.319. The van der Waals surface area contributed by atoms with Gasteiger partial charge < -0.3 is 38.3 Å². The molecule has 2 saturated heterocycles. The molecule has 9 atom stereocenters. The van der Waals surface area contributed by atoms with Gasteiger partial charge in [0.1, 0.15) is 30.5 Å². The minimum Gasteiger partial charge on any atom is -0.453 e. The van der Waals surface area contributed by atoms with Crippen molar-refractivity contribution < 1.29 is 62.2 Å². The lowest BCUT2D eigenvalue weighted by Gasteiger charge is -2.45. The van der Waals surface area contributed by atoms with Crippen molar-refractivity contribution in [1.29, 1.82) is 0 Å². The van der Waals surface area contributed by atoms with Crippen LogP contribution in [-0.4, -0.2) is 103 Å². The molecule has 2 amide bonds. The molecule has 2 heterocycles. The van der Waals surface area contributed by atoms with Gasteiger partial charge in [0.25, 0.3) is 0 Å². The number of cyclic esters (lactones) is 1. The number of carbonyl (C=O) groups excluding carboxylic acids is 5. The highest BCUT2D eigenvalue weighted by Gasteiger charge is 2.49. The van der Waals surface area contributed by atoms with Crippen molar-refractivity contribution in [2.75, 3.05) is 20.3 Å². The minimum absolute atomic E-state index is 0.0325. The molecule has 14 nitrogen and oxygen atoms in total. The number of allylic oxidation sites excluding steroid dienone is 1. The summed E-state index contributed by atoms with van der Waals surface area (Å²) in [6, 6.07) is 34.4. The summed E-state index contributed by atoms with van der Waals surface area (Å²) in [6.45, 7) is 6.08. The minimum atomic E-state index is -1.67. The molecule has 0 bridgehead atoms. The summed E-state index contributed by atoms with van der Waals surface area (Å²) < 4.78 is 42.2. The number of aliphatic hydroxyl groups excluding tert-OH is 1. The van der Waals surface area contributed by atoms with E-state index in [0.717, 1.165) is 34.6 Å². The predicted octanol–water partition coefficient (Wildman–Crippen LogP) is 6.89. The maximum absolute atomic E-state index is 14.2. The highest BCUT2D eigenvalue weighted by molar-refractivity contribution is 6.25. The van der Waals surface area contributed by atoms with Gasteiger partial charge in [-0.2, -0.15) is 0 Å². The summed E-state index contributed by atoms with van der Waals surface area (Å²) in [5, 5.41) is 10.4. The Morgan fingerprint density at radius 1 is 0.815 bits per heavy atom. The van der Waals surface area contributed by atoms with E-state index in [2.05, 4.69) is 0 Å². The fraction of sp³-hybridized carbons (Fsp3) is 0.392. The van der Waals surface area contributed by atoms with E-state index >= 15 is 0 Å². The van der Waals surface area contributed by atoms with Gasteiger partial charge in [0.2, 0.25) is 5.91 Å². The number of ether oxygens (including phenoxy) is 7. The van der Waals surface area contributed by atoms with Gasteiger partial charge in [0.15, 0.2) is 24.0 Å². The Bertz CT molecular complexity index is 2250. The highest BCUT2D eigenvalue weighted by atomic mass is 16.7. The summed E-state index contributed by atoms with van der Waals surface area (Å²) in [4.78, 5) is 68.8. The van der Waals surface area contributed by atoms with Gasteiger partial charge in [-0.1, -0.05) is 121 Å². The molecule has 344 valence electrons. The number of aryl methyl sites for hydroxylation is 1. The average Bonchev–Trinajstić information content (AvgIpc) is 3.62. The fourth-order valence-electron chi connectivity index (χ4n) is 8.04. The maximum atomic E-state index is 14.2. The first-order valence-corrected chi connectivity index (χ1v) is 21.7. The van der Waals surface area contributed by atoms with E-state index in [0.29, 0.717) is 11.1 Å². The number of hydrogen-bond acceptors (Lipinski definition) is 13. The van der Waals surface area contributed by atoms with Crippen molar-refractivity contribution in [2.45, 2.75) is 103 Å². The number of aliphatic hydroxyl groups is 1. The van der Waals surface area contributed by atoms with Gasteiger partial charge in [-0.3, -0.25) is 19.2 Å². The molecule has 0 aliphatic carbocycles. The zero-order chi connectivity index (χ0) is 46.5. The van der Waals surface area contributed by atoms with Crippen LogP contribution in [0.5, 0.6) is 0 Å². The number of hydrogen-bond donors (Lipinski definition) is 1. The number of carbonyl (C=O) groups is 5. The SMILES string of the molecule is CO[C@H]1O[C@H](CO)[C@@H](OCc2ccccc2)[C@H](OCc2ccccc2)[C@@H]1OCCCC(=O)C(=CC(=O)[C@H](OC(C)=O)[C@@H](C)C(=O)N1C(=O)O[C@@H](c2ccccc2)[C@H]1C)c1cccc(C)c1. The molecule has 2 aliphatic rings. The molecule has 65 heavy (non-hydrogen) atoms. The standard InChI is InChI=1S/C51H57NO13/c1-32-17-15-24-39(27-32)40(28-42(56)44(63-35(4)54)33(2)49(57)52-34(3)45(65-51(52)58)38-22-13-8-14-23-38)41(55)25-16-26-60-48-47(62-31-37-20-11-7-12-21-37)46(43(29-53)64-50(48)59-5)61-30-36-18-9-6-10-19-36/h6-15,17-24,27-28,33-34,43-48,50,53H,16,25-26,29-31H2,1-5H3/t33-,34-,43-,44-,45-,46-,47+,48+,50+/m1/s1. The van der Waals surface area contributed by atoms with E-state index in [9.17, 15) is 29.1 Å². The van der Waals surface area contributed by atoms with Gasteiger partial charge in [-0.05, 0) is 55.5 Å². The molecular weight excluding hydrogens is 835 g/mol. The molecule has 0 spiro atoms. The number of Topliss-reactive ketones (excluding diaryl/α,β-unsaturated/α-hetero) is 1. The Kier molecular flexibility index (Phi) is 17.5. The van der Waals surface area contributed by atoms with Crippen molar-refractivity contribution in [1.82, 2.24) is 4.90 Å². The Balaban J connectivity index is 1.19. The molecule has 0 unspecified atom stereocenters. The summed E-state index contributed by atoms with van der Waals surface area (Å²) in [5.74, 6) is -4.17. The van der Waals surface area contributed by atoms with Gasteiger partial charge in [-0.25, -0.2) is 9.69 Å². The third kappa shape index (κ3) is 12.5. The number of amides is 2. The first kappa shape index (κ1) is 48.6. The van der Waals surface area contributed by atoms with Gasteiger partial charge >= 0.3 is 12.1 Å². The molecule has 0 aromatic heterocycles. The second-order valence-electron chi connectivity index (χ2n) is 16.2. The molecule has 14 heteroatoms. The molecular formula is C51H57NO13. The van der Waals surface area contributed by atoms with Crippen LogP contribution < -0.4 is 0 Å². The van der Waals surface area contributed by atoms with Crippen molar-refractivity contribution in [3.8, 4) is 0 Å². The van der Waals surface area contributed by atoms with Crippen LogP contribution >= 0.6 is 0 Å². The number of rotatable bonds is 21. The maximum Gasteiger partial charge on any atom is 0.417 e. The van der Waals surface area contributed by atoms with E-state index in [-0.39, 0.29) is 44.8 Å². The van der Waals surface area contributed by atoms with Crippen LogP contribution in [-0.2, 0) is 65.5 Å². The number of methoxy groups -OCH3 is 1. The Labute approximate surface area is 379 Å². The largest absolute Gasteiger partial charge is 0.453 e. The molecule has 2 fully saturated rings. The second-order valence-corrected chi connectivity index (χ2v) is 16.2.